The second-order valence-corrected chi connectivity index (χ2v) is 5.21. The third-order valence-electron chi connectivity index (χ3n) is 2.75. The average Bonchev–Trinajstić information content (AvgIpc) is 2.15. The minimum atomic E-state index is -0.196. The molecule has 0 aliphatic rings. The maximum Gasteiger partial charge on any atom is 0.123 e. The molecule has 0 saturated heterocycles. The number of rotatable bonds is 0. The number of aromatic nitrogens is 1. The quantitative estimate of drug-likeness (QED) is 0.650. The van der Waals surface area contributed by atoms with Crippen molar-refractivity contribution in [3.63, 3.8) is 0 Å². The van der Waals surface area contributed by atoms with Gasteiger partial charge in [-0.25, -0.2) is 4.39 Å². The molecule has 0 fully saturated rings. The molecule has 0 amide bonds. The Labute approximate surface area is 95.3 Å². The lowest BCUT2D eigenvalue weighted by Gasteiger charge is -2.19. The fourth-order valence-corrected chi connectivity index (χ4v) is 1.79. The third-order valence-corrected chi connectivity index (χ3v) is 2.75. The van der Waals surface area contributed by atoms with Crippen molar-refractivity contribution in [3.05, 3.63) is 41.5 Å². The van der Waals surface area contributed by atoms with E-state index in [2.05, 4.69) is 25.8 Å². The van der Waals surface area contributed by atoms with Crippen LogP contribution in [0.2, 0.25) is 0 Å². The van der Waals surface area contributed by atoms with Gasteiger partial charge in [-0.1, -0.05) is 20.8 Å². The van der Waals surface area contributed by atoms with Crippen molar-refractivity contribution in [2.24, 2.45) is 0 Å². The number of hydrogen-bond acceptors (Lipinski definition) is 1. The molecule has 0 unspecified atom stereocenters. The smallest absolute Gasteiger partial charge is 0.123 e. The average molecular weight is 217 g/mol. The second-order valence-electron chi connectivity index (χ2n) is 5.21. The van der Waals surface area contributed by atoms with E-state index in [9.17, 15) is 4.39 Å². The van der Waals surface area contributed by atoms with Crippen LogP contribution >= 0.6 is 0 Å². The Hall–Kier alpha value is -1.44. The lowest BCUT2D eigenvalue weighted by atomic mass is 9.90. The molecule has 1 aromatic carbocycles. The monoisotopic (exact) mass is 217 g/mol. The fourth-order valence-electron chi connectivity index (χ4n) is 1.79. The van der Waals surface area contributed by atoms with E-state index in [1.54, 1.807) is 12.1 Å². The molecule has 1 nitrogen and oxygen atoms in total. The zero-order chi connectivity index (χ0) is 11.9. The summed E-state index contributed by atoms with van der Waals surface area (Å²) >= 11 is 0. The highest BCUT2D eigenvalue weighted by Gasteiger charge is 2.16. The summed E-state index contributed by atoms with van der Waals surface area (Å²) in [4.78, 5) is 4.58. The zero-order valence-electron chi connectivity index (χ0n) is 10.1. The van der Waals surface area contributed by atoms with Crippen LogP contribution < -0.4 is 0 Å². The summed E-state index contributed by atoms with van der Waals surface area (Å²) < 4.78 is 13.2. The fraction of sp³-hybridized carbons (Fsp3) is 0.357. The van der Waals surface area contributed by atoms with Crippen molar-refractivity contribution in [3.8, 4) is 0 Å². The molecular formula is C14H16FN. The van der Waals surface area contributed by atoms with Crippen LogP contribution in [0.25, 0.3) is 10.8 Å². The predicted octanol–water partition coefficient (Wildman–Crippen LogP) is 3.98. The van der Waals surface area contributed by atoms with E-state index < -0.39 is 0 Å². The van der Waals surface area contributed by atoms with Gasteiger partial charge < -0.3 is 0 Å². The Morgan fingerprint density at radius 1 is 1.12 bits per heavy atom. The molecule has 0 N–H and O–H groups in total. The van der Waals surface area contributed by atoms with Crippen LogP contribution in [0.15, 0.2) is 24.3 Å². The van der Waals surface area contributed by atoms with Crippen LogP contribution in [0.3, 0.4) is 0 Å². The van der Waals surface area contributed by atoms with Crippen molar-refractivity contribution >= 4 is 10.8 Å². The van der Waals surface area contributed by atoms with Crippen LogP contribution in [-0.2, 0) is 5.41 Å². The molecule has 84 valence electrons. The maximum atomic E-state index is 13.2. The summed E-state index contributed by atoms with van der Waals surface area (Å²) in [6, 6.07) is 6.82. The van der Waals surface area contributed by atoms with Gasteiger partial charge in [0, 0.05) is 22.2 Å². The summed E-state index contributed by atoms with van der Waals surface area (Å²) in [5.41, 5.74) is 1.95. The number of fused-ring (bicyclic) bond motifs is 1. The van der Waals surface area contributed by atoms with Gasteiger partial charge in [0.25, 0.3) is 0 Å². The van der Waals surface area contributed by atoms with Gasteiger partial charge in [-0.05, 0) is 36.6 Å². The Morgan fingerprint density at radius 3 is 2.44 bits per heavy atom. The first-order valence-electron chi connectivity index (χ1n) is 5.45. The van der Waals surface area contributed by atoms with Crippen LogP contribution in [0.1, 0.15) is 32.2 Å². The van der Waals surface area contributed by atoms with Crippen molar-refractivity contribution < 1.29 is 4.39 Å². The first kappa shape index (κ1) is 11.1. The Kier molecular flexibility index (Phi) is 2.45. The molecule has 2 aromatic rings. The number of halogens is 1. The van der Waals surface area contributed by atoms with E-state index in [0.717, 1.165) is 22.2 Å². The molecule has 1 aromatic heterocycles. The second kappa shape index (κ2) is 3.55. The van der Waals surface area contributed by atoms with E-state index in [1.807, 2.05) is 13.0 Å². The first-order chi connectivity index (χ1) is 7.38. The Bertz CT molecular complexity index is 538. The van der Waals surface area contributed by atoms with E-state index in [-0.39, 0.29) is 11.2 Å². The maximum absolute atomic E-state index is 13.2. The van der Waals surface area contributed by atoms with Crippen LogP contribution in [0.5, 0.6) is 0 Å². The van der Waals surface area contributed by atoms with Gasteiger partial charge in [0.05, 0.1) is 0 Å². The first-order valence-corrected chi connectivity index (χ1v) is 5.45. The van der Waals surface area contributed by atoms with Crippen molar-refractivity contribution in [1.82, 2.24) is 4.98 Å². The summed E-state index contributed by atoms with van der Waals surface area (Å²) in [5, 5.41) is 1.95. The standard InChI is InChI=1S/C14H16FN/c1-9-12-6-5-11(15)7-10(12)8-13(16-9)14(2,3)4/h5-8H,1-4H3. The minimum Gasteiger partial charge on any atom is -0.257 e. The van der Waals surface area contributed by atoms with Gasteiger partial charge in [-0.15, -0.1) is 0 Å². The summed E-state index contributed by atoms with van der Waals surface area (Å²) in [6.07, 6.45) is 0. The van der Waals surface area contributed by atoms with Gasteiger partial charge >= 0.3 is 0 Å². The molecule has 0 atom stereocenters. The predicted molar refractivity (Wildman–Crippen MR) is 65.1 cm³/mol. The normalized spacial score (nSPS) is 12.1. The summed E-state index contributed by atoms with van der Waals surface area (Å²) in [5.74, 6) is -0.196. The summed E-state index contributed by atoms with van der Waals surface area (Å²) in [6.45, 7) is 8.30. The third kappa shape index (κ3) is 1.92. The molecule has 2 rings (SSSR count). The van der Waals surface area contributed by atoms with Gasteiger partial charge in [0.1, 0.15) is 5.82 Å². The highest BCUT2D eigenvalue weighted by atomic mass is 19.1. The number of pyridine rings is 1. The largest absolute Gasteiger partial charge is 0.257 e. The molecule has 0 spiro atoms. The zero-order valence-corrected chi connectivity index (χ0v) is 10.1. The topological polar surface area (TPSA) is 12.9 Å². The SMILES string of the molecule is Cc1nc(C(C)(C)C)cc2cc(F)ccc12. The van der Waals surface area contributed by atoms with Crippen LogP contribution in [0.4, 0.5) is 4.39 Å². The van der Waals surface area contributed by atoms with Crippen molar-refractivity contribution in [2.45, 2.75) is 33.1 Å². The van der Waals surface area contributed by atoms with Crippen molar-refractivity contribution in [1.29, 1.82) is 0 Å². The molecule has 16 heavy (non-hydrogen) atoms. The molecule has 0 bridgehead atoms. The van der Waals surface area contributed by atoms with E-state index in [0.29, 0.717) is 0 Å². The minimum absolute atomic E-state index is 0.00866. The van der Waals surface area contributed by atoms with E-state index >= 15 is 0 Å². The van der Waals surface area contributed by atoms with Crippen molar-refractivity contribution in [2.75, 3.05) is 0 Å². The molecule has 0 aliphatic carbocycles. The summed E-state index contributed by atoms with van der Waals surface area (Å²) in [7, 11) is 0. The van der Waals surface area contributed by atoms with E-state index in [4.69, 9.17) is 0 Å². The van der Waals surface area contributed by atoms with Gasteiger partial charge in [-0.2, -0.15) is 0 Å². The molecule has 2 heteroatoms. The molecular weight excluding hydrogens is 201 g/mol. The highest BCUT2D eigenvalue weighted by molar-refractivity contribution is 5.84. The number of aryl methyl sites for hydroxylation is 1. The van der Waals surface area contributed by atoms with Crippen LogP contribution in [-0.4, -0.2) is 4.98 Å². The van der Waals surface area contributed by atoms with Crippen LogP contribution in [0, 0.1) is 12.7 Å². The van der Waals surface area contributed by atoms with Gasteiger partial charge in [0.2, 0.25) is 0 Å². The number of nitrogens with zero attached hydrogens (tertiary/aromatic N) is 1. The number of hydrogen-bond donors (Lipinski definition) is 0. The van der Waals surface area contributed by atoms with Gasteiger partial charge in [-0.3, -0.25) is 4.98 Å². The Morgan fingerprint density at radius 2 is 1.81 bits per heavy atom. The lowest BCUT2D eigenvalue weighted by Crippen LogP contribution is -2.14. The Balaban J connectivity index is 2.75. The molecule has 0 radical (unpaired) electrons. The van der Waals surface area contributed by atoms with E-state index in [1.165, 1.54) is 6.07 Å². The molecule has 0 saturated carbocycles. The highest BCUT2D eigenvalue weighted by Crippen LogP contribution is 2.26. The lowest BCUT2D eigenvalue weighted by molar-refractivity contribution is 0.568. The van der Waals surface area contributed by atoms with Gasteiger partial charge in [0.15, 0.2) is 0 Å². The number of benzene rings is 1. The molecule has 0 aliphatic heterocycles. The molecule has 1 heterocycles.